The first kappa shape index (κ1) is 24.4. The maximum atomic E-state index is 13.8. The van der Waals surface area contributed by atoms with Gasteiger partial charge in [0.25, 0.3) is 0 Å². The van der Waals surface area contributed by atoms with E-state index in [1.54, 1.807) is 25.3 Å². The van der Waals surface area contributed by atoms with E-state index in [9.17, 15) is 14.7 Å². The van der Waals surface area contributed by atoms with Crippen molar-refractivity contribution in [3.63, 3.8) is 0 Å². The van der Waals surface area contributed by atoms with Gasteiger partial charge >= 0.3 is 5.97 Å². The van der Waals surface area contributed by atoms with Crippen LogP contribution in [-0.4, -0.2) is 24.0 Å². The van der Waals surface area contributed by atoms with Crippen molar-refractivity contribution >= 4 is 11.8 Å². The zero-order chi connectivity index (χ0) is 25.9. The number of methoxy groups -OCH3 is 1. The molecule has 2 atom stereocenters. The summed E-state index contributed by atoms with van der Waals surface area (Å²) in [7, 11) is 1.63. The van der Waals surface area contributed by atoms with Crippen molar-refractivity contribution in [2.45, 2.75) is 38.2 Å². The van der Waals surface area contributed by atoms with Crippen LogP contribution in [0.4, 0.5) is 0 Å². The molecule has 0 fully saturated rings. The van der Waals surface area contributed by atoms with E-state index in [1.165, 1.54) is 0 Å². The molecule has 6 heteroatoms. The van der Waals surface area contributed by atoms with Crippen LogP contribution in [0.3, 0.4) is 0 Å². The van der Waals surface area contributed by atoms with Gasteiger partial charge in [0, 0.05) is 35.2 Å². The van der Waals surface area contributed by atoms with Gasteiger partial charge in [-0.2, -0.15) is 0 Å². The van der Waals surface area contributed by atoms with Crippen LogP contribution < -0.4 is 10.1 Å². The number of carbonyl (C=O) groups is 2. The lowest BCUT2D eigenvalue weighted by atomic mass is 9.71. The monoisotopic (exact) mass is 495 g/mol. The van der Waals surface area contributed by atoms with Crippen LogP contribution in [0.5, 0.6) is 11.5 Å². The molecule has 188 valence electrons. The van der Waals surface area contributed by atoms with Gasteiger partial charge in [0.1, 0.15) is 18.1 Å². The number of para-hydroxylation sites is 1. The number of rotatable bonds is 6. The van der Waals surface area contributed by atoms with E-state index in [2.05, 4.69) is 5.32 Å². The Balaban J connectivity index is 1.53. The minimum absolute atomic E-state index is 0.0427. The second kappa shape index (κ2) is 10.3. The molecule has 0 spiro atoms. The minimum Gasteiger partial charge on any atom is -0.508 e. The van der Waals surface area contributed by atoms with Gasteiger partial charge in [0.15, 0.2) is 5.78 Å². The van der Waals surface area contributed by atoms with E-state index in [0.717, 1.165) is 22.6 Å². The molecular formula is C31H29NO5. The summed E-state index contributed by atoms with van der Waals surface area (Å²) in [6, 6.07) is 24.0. The number of Topliss-reactive ketones (excluding diaryl/α,β-unsaturated/α-hetero) is 1. The highest BCUT2D eigenvalue weighted by atomic mass is 16.5. The molecule has 2 N–H and O–H groups in total. The lowest BCUT2D eigenvalue weighted by Crippen LogP contribution is -2.36. The van der Waals surface area contributed by atoms with Gasteiger partial charge in [-0.05, 0) is 48.2 Å². The van der Waals surface area contributed by atoms with Crippen LogP contribution >= 0.6 is 0 Å². The van der Waals surface area contributed by atoms with Gasteiger partial charge in [0.05, 0.1) is 12.7 Å². The molecule has 3 aromatic rings. The Morgan fingerprint density at radius 1 is 1.00 bits per heavy atom. The molecule has 2 unspecified atom stereocenters. The van der Waals surface area contributed by atoms with Crippen LogP contribution in [0, 0.1) is 0 Å². The number of nitrogens with one attached hydrogen (secondary N) is 1. The van der Waals surface area contributed by atoms with E-state index in [-0.39, 0.29) is 24.1 Å². The average Bonchev–Trinajstić information content (AvgIpc) is 2.91. The predicted octanol–water partition coefficient (Wildman–Crippen LogP) is 5.51. The second-order valence-corrected chi connectivity index (χ2v) is 9.42. The van der Waals surface area contributed by atoms with Crippen LogP contribution in [0.1, 0.15) is 48.3 Å². The molecule has 1 aliphatic carbocycles. The highest BCUT2D eigenvalue weighted by Crippen LogP contribution is 2.47. The van der Waals surface area contributed by atoms with Crippen molar-refractivity contribution in [2.75, 3.05) is 7.11 Å². The number of dihydropyridines is 1. The summed E-state index contributed by atoms with van der Waals surface area (Å²) in [6.07, 6.45) is 0.891. The lowest BCUT2D eigenvalue weighted by Gasteiger charge is -2.37. The number of carbonyl (C=O) groups excluding carboxylic acids is 2. The maximum absolute atomic E-state index is 13.8. The van der Waals surface area contributed by atoms with E-state index in [4.69, 9.17) is 9.47 Å². The number of benzene rings is 3. The Bertz CT molecular complexity index is 1410. The van der Waals surface area contributed by atoms with Gasteiger partial charge in [-0.25, -0.2) is 4.79 Å². The number of allylic oxidation sites excluding steroid dienone is 3. The van der Waals surface area contributed by atoms with Crippen molar-refractivity contribution in [3.05, 3.63) is 118 Å². The van der Waals surface area contributed by atoms with E-state index < -0.39 is 11.9 Å². The first-order valence-corrected chi connectivity index (χ1v) is 12.3. The summed E-state index contributed by atoms with van der Waals surface area (Å²) in [6.45, 7) is 1.95. The van der Waals surface area contributed by atoms with Gasteiger partial charge in [-0.1, -0.05) is 60.7 Å². The van der Waals surface area contributed by atoms with Crippen molar-refractivity contribution < 1.29 is 24.2 Å². The molecular weight excluding hydrogens is 466 g/mol. The normalized spacial score (nSPS) is 19.2. The van der Waals surface area contributed by atoms with Crippen LogP contribution in [0.2, 0.25) is 0 Å². The van der Waals surface area contributed by atoms with Crippen LogP contribution in [0.15, 0.2) is 101 Å². The number of ether oxygens (including phenoxy) is 2. The van der Waals surface area contributed by atoms with Gasteiger partial charge in [-0.3, -0.25) is 4.79 Å². The SMILES string of the molecule is COc1ccccc1C1CC(=O)C2=C(C1)NC(C)=C(C(=O)OCc1ccccc1)C2c1cccc(O)c1. The van der Waals surface area contributed by atoms with E-state index in [0.29, 0.717) is 35.2 Å². The number of hydrogen-bond acceptors (Lipinski definition) is 6. The fourth-order valence-electron chi connectivity index (χ4n) is 5.37. The fraction of sp³-hybridized carbons (Fsp3) is 0.226. The number of phenolic OH excluding ortho intramolecular Hbond substituents is 1. The molecule has 1 heterocycles. The summed E-state index contributed by atoms with van der Waals surface area (Å²) >= 11 is 0. The molecule has 1 aliphatic heterocycles. The molecule has 0 saturated heterocycles. The molecule has 3 aromatic carbocycles. The van der Waals surface area contributed by atoms with Crippen LogP contribution in [-0.2, 0) is 20.9 Å². The minimum atomic E-state index is -0.641. The van der Waals surface area contributed by atoms with Gasteiger partial charge < -0.3 is 19.9 Å². The lowest BCUT2D eigenvalue weighted by molar-refractivity contribution is -0.140. The third-order valence-electron chi connectivity index (χ3n) is 7.04. The summed E-state index contributed by atoms with van der Waals surface area (Å²) in [5.41, 5.74) is 4.88. The Morgan fingerprint density at radius 2 is 1.76 bits per heavy atom. The summed E-state index contributed by atoms with van der Waals surface area (Å²) in [4.78, 5) is 27.2. The molecule has 5 rings (SSSR count). The number of phenols is 1. The molecule has 37 heavy (non-hydrogen) atoms. The highest BCUT2D eigenvalue weighted by Gasteiger charge is 2.42. The zero-order valence-corrected chi connectivity index (χ0v) is 20.9. The number of ketones is 1. The number of hydrogen-bond donors (Lipinski definition) is 2. The smallest absolute Gasteiger partial charge is 0.337 e. The molecule has 0 aromatic heterocycles. The number of esters is 1. The Morgan fingerprint density at radius 3 is 2.51 bits per heavy atom. The second-order valence-electron chi connectivity index (χ2n) is 9.42. The first-order valence-electron chi connectivity index (χ1n) is 12.3. The highest BCUT2D eigenvalue weighted by molar-refractivity contribution is 6.04. The molecule has 0 bridgehead atoms. The Kier molecular flexibility index (Phi) is 6.82. The molecule has 2 aliphatic rings. The molecule has 0 saturated carbocycles. The van der Waals surface area contributed by atoms with E-state index in [1.807, 2.05) is 67.6 Å². The average molecular weight is 496 g/mol. The largest absolute Gasteiger partial charge is 0.508 e. The van der Waals surface area contributed by atoms with Gasteiger partial charge in [0.2, 0.25) is 0 Å². The first-order chi connectivity index (χ1) is 18.0. The van der Waals surface area contributed by atoms with Crippen molar-refractivity contribution in [1.29, 1.82) is 0 Å². The van der Waals surface area contributed by atoms with Crippen molar-refractivity contribution in [3.8, 4) is 11.5 Å². The topological polar surface area (TPSA) is 84.9 Å². The van der Waals surface area contributed by atoms with Crippen molar-refractivity contribution in [1.82, 2.24) is 5.32 Å². The maximum Gasteiger partial charge on any atom is 0.337 e. The molecule has 0 amide bonds. The van der Waals surface area contributed by atoms with Crippen LogP contribution in [0.25, 0.3) is 0 Å². The third kappa shape index (κ3) is 4.87. The third-order valence-corrected chi connectivity index (χ3v) is 7.04. The predicted molar refractivity (Wildman–Crippen MR) is 140 cm³/mol. The zero-order valence-electron chi connectivity index (χ0n) is 20.9. The van der Waals surface area contributed by atoms with Crippen molar-refractivity contribution in [2.24, 2.45) is 0 Å². The molecule has 0 radical (unpaired) electrons. The Hall–Kier alpha value is -4.32. The van der Waals surface area contributed by atoms with E-state index >= 15 is 0 Å². The summed E-state index contributed by atoms with van der Waals surface area (Å²) < 4.78 is 11.3. The standard InChI is InChI=1S/C31H29NO5/c1-19-28(31(35)37-18-20-9-4-3-5-10-20)29(21-11-8-12-23(33)15-21)30-25(32-19)16-22(17-26(30)34)24-13-6-7-14-27(24)36-2/h3-15,22,29,32-33H,16-18H2,1-2H3. The van der Waals surface area contributed by atoms with Gasteiger partial charge in [-0.15, -0.1) is 0 Å². The fourth-order valence-corrected chi connectivity index (χ4v) is 5.37. The summed E-state index contributed by atoms with van der Waals surface area (Å²) in [5.74, 6) is -0.408. The summed E-state index contributed by atoms with van der Waals surface area (Å²) in [5, 5.41) is 13.6. The quantitative estimate of drug-likeness (QED) is 0.439. The number of aromatic hydroxyl groups is 1. The Labute approximate surface area is 216 Å². The molecule has 6 nitrogen and oxygen atoms in total.